The molecule has 0 aliphatic rings. The molecule has 0 fully saturated rings. The van der Waals surface area contributed by atoms with Crippen molar-refractivity contribution < 1.29 is 4.57 Å². The second-order valence-corrected chi connectivity index (χ2v) is 26.9. The van der Waals surface area contributed by atoms with Crippen molar-refractivity contribution in [3.63, 3.8) is 0 Å². The minimum absolute atomic E-state index is 0.315. The molecule has 18 aromatic rings. The maximum absolute atomic E-state index is 17.9. The second-order valence-electron chi connectivity index (χ2n) is 24.3. The molecule has 0 bridgehead atoms. The van der Waals surface area contributed by atoms with E-state index in [-0.39, 0.29) is 0 Å². The van der Waals surface area contributed by atoms with Crippen LogP contribution in [0.25, 0.3) is 82.5 Å². The first-order valence-corrected chi connectivity index (χ1v) is 34.6. The molecule has 0 radical (unpaired) electrons. The fourth-order valence-electron chi connectivity index (χ4n) is 14.3. The molecule has 11 heteroatoms. The van der Waals surface area contributed by atoms with E-state index in [1.165, 1.54) is 32.3 Å². The smallest absolute Gasteiger partial charge is 0.223 e. The van der Waals surface area contributed by atoms with Crippen LogP contribution in [-0.4, -0.2) is 28.7 Å². The summed E-state index contributed by atoms with van der Waals surface area (Å²) in [7, 11) is -4.21. The van der Waals surface area contributed by atoms with Crippen molar-refractivity contribution in [2.45, 2.75) is 0 Å². The molecule has 6 aromatic heterocycles. The molecule has 0 N–H and O–H groups in total. The van der Waals surface area contributed by atoms with Crippen LogP contribution >= 0.6 is 7.14 Å². The van der Waals surface area contributed by atoms with Gasteiger partial charge in [-0.05, 0) is 182 Å². The summed E-state index contributed by atoms with van der Waals surface area (Å²) in [5, 5.41) is 7.16. The van der Waals surface area contributed by atoms with Crippen LogP contribution in [0.15, 0.2) is 364 Å². The molecular weight excluding hydrogens is 1220 g/mol. The number of aromatic nitrogens is 6. The topological polar surface area (TPSA) is 80.3 Å². The summed E-state index contributed by atoms with van der Waals surface area (Å²) in [4.78, 5) is 23.1. The lowest BCUT2D eigenvalue weighted by atomic mass is 10.2. The third-order valence-electron chi connectivity index (χ3n) is 18.7. The number of rotatable bonds is 15. The minimum atomic E-state index is -4.21. The Kier molecular flexibility index (Phi) is 14.2. The first-order chi connectivity index (χ1) is 48.5. The van der Waals surface area contributed by atoms with Gasteiger partial charge in [-0.25, -0.2) is 15.0 Å². The van der Waals surface area contributed by atoms with E-state index in [4.69, 9.17) is 15.0 Å². The molecule has 98 heavy (non-hydrogen) atoms. The molecule has 6 heterocycles. The van der Waals surface area contributed by atoms with Crippen molar-refractivity contribution in [2.75, 3.05) is 14.7 Å². The third kappa shape index (κ3) is 9.80. The fourth-order valence-corrected chi connectivity index (χ4v) is 16.6. The Morgan fingerprint density at radius 2 is 0.408 bits per heavy atom. The van der Waals surface area contributed by atoms with Crippen LogP contribution < -0.4 is 31.0 Å². The van der Waals surface area contributed by atoms with Gasteiger partial charge in [-0.15, -0.1) is 0 Å². The predicted molar refractivity (Wildman–Crippen MR) is 406 cm³/mol. The van der Waals surface area contributed by atoms with E-state index in [1.54, 1.807) is 0 Å². The van der Waals surface area contributed by atoms with Gasteiger partial charge in [-0.2, -0.15) is 0 Å². The molecular formula is C87H60N9OP. The number of hydrogen-bond donors (Lipinski definition) is 0. The fraction of sp³-hybridized carbons (Fsp3) is 0. The Balaban J connectivity index is 0.793. The highest BCUT2D eigenvalue weighted by Gasteiger charge is 2.37. The summed E-state index contributed by atoms with van der Waals surface area (Å²) in [5.41, 5.74) is 16.0. The van der Waals surface area contributed by atoms with E-state index < -0.39 is 7.14 Å². The van der Waals surface area contributed by atoms with Crippen LogP contribution in [-0.2, 0) is 4.57 Å². The largest absolute Gasteiger partial charge is 0.309 e. The summed E-state index contributed by atoms with van der Waals surface area (Å²) in [6.07, 6.45) is 0. The average molecular weight is 1280 g/mol. The molecule has 0 saturated carbocycles. The monoisotopic (exact) mass is 1280 g/mol. The molecule has 18 rings (SSSR count). The SMILES string of the molecule is O=P(c1cccc(N(c2ccccc2)c2ccc(-n3c4ccccc4c4ccccc43)cc2)n1)(c1cccc(N(c2ccccc2)c2ccc(-n3c4ccccc4c4ccccc43)cc2)n1)c1cccc(N(c2ccccc2)c2ccc(-n3c4ccccc4c4ccccc43)cc2)n1. The molecule has 10 nitrogen and oxygen atoms in total. The zero-order chi connectivity index (χ0) is 65.1. The summed E-state index contributed by atoms with van der Waals surface area (Å²) in [6.45, 7) is 0. The van der Waals surface area contributed by atoms with Gasteiger partial charge < -0.3 is 18.3 Å². The van der Waals surface area contributed by atoms with Crippen LogP contribution in [0.3, 0.4) is 0 Å². The maximum Gasteiger partial charge on any atom is 0.223 e. The van der Waals surface area contributed by atoms with Gasteiger partial charge >= 0.3 is 0 Å². The van der Waals surface area contributed by atoms with Crippen molar-refractivity contribution >= 4 is 140 Å². The summed E-state index contributed by atoms with van der Waals surface area (Å²) in [5.74, 6) is 1.69. The zero-order valence-corrected chi connectivity index (χ0v) is 53.9. The van der Waals surface area contributed by atoms with Crippen LogP contribution in [0.1, 0.15) is 0 Å². The molecule has 0 spiro atoms. The van der Waals surface area contributed by atoms with Gasteiger partial charge in [0.05, 0.1) is 33.1 Å². The van der Waals surface area contributed by atoms with Crippen LogP contribution in [0, 0.1) is 0 Å². The molecule has 0 aliphatic heterocycles. The average Bonchev–Trinajstić information content (AvgIpc) is 1.34. The Morgan fingerprint density at radius 3 is 0.643 bits per heavy atom. The zero-order valence-electron chi connectivity index (χ0n) is 53.0. The predicted octanol–water partition coefficient (Wildman–Crippen LogP) is 21.2. The number of para-hydroxylation sites is 9. The normalized spacial score (nSPS) is 11.7. The first kappa shape index (κ1) is 57.8. The Morgan fingerprint density at radius 1 is 0.204 bits per heavy atom. The van der Waals surface area contributed by atoms with Crippen LogP contribution in [0.2, 0.25) is 0 Å². The van der Waals surface area contributed by atoms with Crippen molar-refractivity contribution in [1.29, 1.82) is 0 Å². The maximum atomic E-state index is 17.9. The van der Waals surface area contributed by atoms with Crippen molar-refractivity contribution in [3.05, 3.63) is 364 Å². The van der Waals surface area contributed by atoms with Gasteiger partial charge in [0.25, 0.3) is 0 Å². The van der Waals surface area contributed by atoms with Gasteiger partial charge in [0, 0.05) is 83.5 Å². The van der Waals surface area contributed by atoms with Gasteiger partial charge in [0.2, 0.25) is 7.14 Å². The third-order valence-corrected chi connectivity index (χ3v) is 21.4. The van der Waals surface area contributed by atoms with Crippen molar-refractivity contribution in [3.8, 4) is 17.1 Å². The number of pyridine rings is 3. The second kappa shape index (κ2) is 24.2. The van der Waals surface area contributed by atoms with Gasteiger partial charge in [-0.1, -0.05) is 182 Å². The van der Waals surface area contributed by atoms with E-state index in [0.717, 1.165) is 84.3 Å². The summed E-state index contributed by atoms with van der Waals surface area (Å²) >= 11 is 0. The quantitative estimate of drug-likeness (QED) is 0.0946. The first-order valence-electron chi connectivity index (χ1n) is 32.9. The Hall–Kier alpha value is -12.9. The number of hydrogen-bond acceptors (Lipinski definition) is 7. The Bertz CT molecular complexity index is 5300. The Labute approximate surface area is 566 Å². The van der Waals surface area contributed by atoms with Crippen LogP contribution in [0.5, 0.6) is 0 Å². The van der Waals surface area contributed by atoms with E-state index in [0.29, 0.717) is 33.8 Å². The number of benzene rings is 12. The molecule has 12 aromatic carbocycles. The molecule has 0 saturated heterocycles. The summed E-state index contributed by atoms with van der Waals surface area (Å²) < 4.78 is 24.8. The molecule has 0 atom stereocenters. The lowest BCUT2D eigenvalue weighted by molar-refractivity contribution is 0.591. The van der Waals surface area contributed by atoms with Crippen LogP contribution in [0.4, 0.5) is 51.6 Å². The minimum Gasteiger partial charge on any atom is -0.309 e. The van der Waals surface area contributed by atoms with Crippen molar-refractivity contribution in [1.82, 2.24) is 28.7 Å². The molecule has 464 valence electrons. The van der Waals surface area contributed by atoms with E-state index >= 15 is 4.57 Å². The molecule has 0 unspecified atom stereocenters. The van der Waals surface area contributed by atoms with Gasteiger partial charge in [0.1, 0.15) is 33.8 Å². The number of anilines is 9. The highest BCUT2D eigenvalue weighted by Crippen LogP contribution is 2.46. The van der Waals surface area contributed by atoms with E-state index in [2.05, 4.69) is 283 Å². The number of fused-ring (bicyclic) bond motifs is 9. The lowest BCUT2D eigenvalue weighted by Gasteiger charge is -2.28. The van der Waals surface area contributed by atoms with E-state index in [9.17, 15) is 0 Å². The lowest BCUT2D eigenvalue weighted by Crippen LogP contribution is -2.32. The molecule has 0 amide bonds. The summed E-state index contributed by atoms with van der Waals surface area (Å²) in [6, 6.07) is 125. The van der Waals surface area contributed by atoms with Gasteiger partial charge in [0.15, 0.2) is 0 Å². The van der Waals surface area contributed by atoms with Crippen molar-refractivity contribution in [2.24, 2.45) is 0 Å². The van der Waals surface area contributed by atoms with E-state index in [1.807, 2.05) is 109 Å². The molecule has 0 aliphatic carbocycles. The standard InChI is InChI=1S/C87H60N9OP/c97-98(85-46-22-43-82(88-85)91(61-25-4-1-5-26-61)64-49-55-67(56-50-64)94-76-37-16-10-31-70(76)71-32-11-17-38-77(71)94,86-47-23-44-83(89-86)92(62-27-6-2-7-28-62)65-51-57-68(58-52-65)95-78-39-18-12-33-72(78)73-34-13-19-40-79(73)95)87-48-24-45-84(90-87)93(63-29-8-3-9-30-63)66-53-59-69(60-54-66)96-80-41-20-14-35-74(80)75-36-15-21-42-81(75)96/h1-60H. The van der Waals surface area contributed by atoms with Gasteiger partial charge in [-0.3, -0.25) is 14.7 Å². The highest BCUT2D eigenvalue weighted by atomic mass is 31.2. The highest BCUT2D eigenvalue weighted by molar-refractivity contribution is 7.84. The number of nitrogens with zero attached hydrogens (tertiary/aromatic N) is 9.